The summed E-state index contributed by atoms with van der Waals surface area (Å²) in [5.74, 6) is 0.294. The van der Waals surface area contributed by atoms with Crippen LogP contribution in [0, 0.1) is 0 Å². The van der Waals surface area contributed by atoms with Crippen LogP contribution in [-0.4, -0.2) is 35.2 Å². The van der Waals surface area contributed by atoms with E-state index in [1.807, 2.05) is 38.1 Å². The molecule has 1 N–H and O–H groups in total. The number of nitrogens with one attached hydrogen (secondary N) is 1. The molecule has 2 heterocycles. The number of hydrogen-bond acceptors (Lipinski definition) is 5. The van der Waals surface area contributed by atoms with Gasteiger partial charge in [-0.05, 0) is 13.8 Å². The molecule has 0 aliphatic carbocycles. The summed E-state index contributed by atoms with van der Waals surface area (Å²) in [6, 6.07) is 8.04. The summed E-state index contributed by atoms with van der Waals surface area (Å²) in [4.78, 5) is 0. The van der Waals surface area contributed by atoms with Crippen molar-refractivity contribution in [1.82, 2.24) is 10.2 Å². The topological polar surface area (TPSA) is 56.3 Å². The Morgan fingerprint density at radius 1 is 1.37 bits per heavy atom. The zero-order chi connectivity index (χ0) is 13.3. The molecule has 2 aromatic rings. The van der Waals surface area contributed by atoms with E-state index in [0.717, 1.165) is 16.6 Å². The van der Waals surface area contributed by atoms with Crippen LogP contribution in [0.25, 0.3) is 10.8 Å². The quantitative estimate of drug-likeness (QED) is 0.915. The maximum absolute atomic E-state index is 5.75. The van der Waals surface area contributed by atoms with Crippen molar-refractivity contribution in [2.75, 3.05) is 18.5 Å². The van der Waals surface area contributed by atoms with Gasteiger partial charge in [0.05, 0.1) is 12.8 Å². The van der Waals surface area contributed by atoms with Crippen molar-refractivity contribution in [2.24, 2.45) is 0 Å². The highest BCUT2D eigenvalue weighted by Gasteiger charge is 2.32. The lowest BCUT2D eigenvalue weighted by Gasteiger charge is -2.17. The predicted octanol–water partition coefficient (Wildman–Crippen LogP) is 2.19. The van der Waals surface area contributed by atoms with Gasteiger partial charge >= 0.3 is 0 Å². The van der Waals surface area contributed by atoms with E-state index >= 15 is 0 Å². The largest absolute Gasteiger partial charge is 0.365 e. The molecular weight excluding hydrogens is 242 g/mol. The molecule has 1 fully saturated rings. The average molecular weight is 259 g/mol. The predicted molar refractivity (Wildman–Crippen MR) is 72.9 cm³/mol. The van der Waals surface area contributed by atoms with Crippen LogP contribution in [0.2, 0.25) is 0 Å². The molecule has 5 heteroatoms. The molecule has 0 spiro atoms. The van der Waals surface area contributed by atoms with E-state index in [9.17, 15) is 0 Å². The Kier molecular flexibility index (Phi) is 3.08. The van der Waals surface area contributed by atoms with E-state index in [-0.39, 0.29) is 6.10 Å². The van der Waals surface area contributed by atoms with Crippen molar-refractivity contribution in [3.8, 4) is 0 Å². The van der Waals surface area contributed by atoms with Crippen molar-refractivity contribution in [3.05, 3.63) is 30.5 Å². The van der Waals surface area contributed by atoms with E-state index in [0.29, 0.717) is 13.2 Å². The normalized spacial score (nSPS) is 21.7. The first-order valence-electron chi connectivity index (χ1n) is 6.40. The zero-order valence-electron chi connectivity index (χ0n) is 11.1. The van der Waals surface area contributed by atoms with Crippen LogP contribution in [0.15, 0.2) is 30.5 Å². The van der Waals surface area contributed by atoms with Crippen molar-refractivity contribution >= 4 is 16.6 Å². The number of nitrogens with zero attached hydrogens (tertiary/aromatic N) is 2. The van der Waals surface area contributed by atoms with Gasteiger partial charge in [0.25, 0.3) is 0 Å². The lowest BCUT2D eigenvalue weighted by atomic mass is 10.2. The summed E-state index contributed by atoms with van der Waals surface area (Å²) in [5.41, 5.74) is 0. The van der Waals surface area contributed by atoms with Crippen LogP contribution in [-0.2, 0) is 9.47 Å². The van der Waals surface area contributed by atoms with Crippen LogP contribution in [0.4, 0.5) is 5.82 Å². The Morgan fingerprint density at radius 3 is 3.00 bits per heavy atom. The zero-order valence-corrected chi connectivity index (χ0v) is 11.1. The third kappa shape index (κ3) is 2.67. The smallest absolute Gasteiger partial charge is 0.163 e. The second kappa shape index (κ2) is 4.75. The Balaban J connectivity index is 1.72. The van der Waals surface area contributed by atoms with Gasteiger partial charge in [-0.25, -0.2) is 0 Å². The van der Waals surface area contributed by atoms with Crippen LogP contribution < -0.4 is 5.32 Å². The number of aromatic nitrogens is 2. The average Bonchev–Trinajstić information content (AvgIpc) is 2.76. The first-order chi connectivity index (χ1) is 9.14. The van der Waals surface area contributed by atoms with Crippen molar-refractivity contribution in [3.63, 3.8) is 0 Å². The Labute approximate surface area is 111 Å². The molecule has 1 saturated heterocycles. The second-order valence-electron chi connectivity index (χ2n) is 5.11. The third-order valence-electron chi connectivity index (χ3n) is 3.13. The van der Waals surface area contributed by atoms with Gasteiger partial charge in [-0.1, -0.05) is 24.3 Å². The number of benzene rings is 1. The van der Waals surface area contributed by atoms with E-state index in [2.05, 4.69) is 15.5 Å². The van der Waals surface area contributed by atoms with Gasteiger partial charge in [0.2, 0.25) is 0 Å². The maximum atomic E-state index is 5.75. The minimum Gasteiger partial charge on any atom is -0.365 e. The number of anilines is 1. The fourth-order valence-electron chi connectivity index (χ4n) is 2.23. The molecule has 0 radical (unpaired) electrons. The summed E-state index contributed by atoms with van der Waals surface area (Å²) in [6.07, 6.45) is 1.80. The molecule has 5 nitrogen and oxygen atoms in total. The Bertz CT molecular complexity index is 580. The standard InChI is InChI=1S/C14H17N3O2/c1-14(2)18-9-11(19-14)8-15-13-12-6-4-3-5-10(12)7-16-17-13/h3-7,11H,8-9H2,1-2H3,(H,15,17). The van der Waals surface area contributed by atoms with E-state index < -0.39 is 5.79 Å². The summed E-state index contributed by atoms with van der Waals surface area (Å²) in [7, 11) is 0. The second-order valence-corrected chi connectivity index (χ2v) is 5.11. The highest BCUT2D eigenvalue weighted by atomic mass is 16.7. The molecule has 0 saturated carbocycles. The summed E-state index contributed by atoms with van der Waals surface area (Å²) < 4.78 is 11.3. The van der Waals surface area contributed by atoms with Crippen molar-refractivity contribution < 1.29 is 9.47 Å². The van der Waals surface area contributed by atoms with Crippen LogP contribution in [0.5, 0.6) is 0 Å². The summed E-state index contributed by atoms with van der Waals surface area (Å²) in [6.45, 7) is 5.10. The lowest BCUT2D eigenvalue weighted by molar-refractivity contribution is -0.136. The molecule has 0 amide bonds. The van der Waals surface area contributed by atoms with Crippen LogP contribution in [0.3, 0.4) is 0 Å². The van der Waals surface area contributed by atoms with Gasteiger partial charge < -0.3 is 14.8 Å². The van der Waals surface area contributed by atoms with Crippen LogP contribution in [0.1, 0.15) is 13.8 Å². The molecule has 3 rings (SSSR count). The van der Waals surface area contributed by atoms with Gasteiger partial charge in [0, 0.05) is 17.3 Å². The molecule has 1 aliphatic heterocycles. The number of hydrogen-bond donors (Lipinski definition) is 1. The summed E-state index contributed by atoms with van der Waals surface area (Å²) in [5, 5.41) is 13.6. The lowest BCUT2D eigenvalue weighted by Crippen LogP contribution is -2.26. The summed E-state index contributed by atoms with van der Waals surface area (Å²) >= 11 is 0. The number of ether oxygens (including phenoxy) is 2. The maximum Gasteiger partial charge on any atom is 0.163 e. The van der Waals surface area contributed by atoms with Gasteiger partial charge in [0.1, 0.15) is 6.10 Å². The number of rotatable bonds is 3. The molecule has 1 atom stereocenters. The van der Waals surface area contributed by atoms with Gasteiger partial charge in [-0.2, -0.15) is 5.10 Å². The monoisotopic (exact) mass is 259 g/mol. The van der Waals surface area contributed by atoms with E-state index in [1.165, 1.54) is 0 Å². The molecule has 100 valence electrons. The Morgan fingerprint density at radius 2 is 2.21 bits per heavy atom. The Hall–Kier alpha value is -1.72. The first kappa shape index (κ1) is 12.3. The van der Waals surface area contributed by atoms with E-state index in [1.54, 1.807) is 6.20 Å². The van der Waals surface area contributed by atoms with Gasteiger partial charge in [-0.3, -0.25) is 0 Å². The number of fused-ring (bicyclic) bond motifs is 1. The van der Waals surface area contributed by atoms with Gasteiger partial charge in [0.15, 0.2) is 11.6 Å². The molecule has 1 aliphatic rings. The van der Waals surface area contributed by atoms with Crippen LogP contribution >= 0.6 is 0 Å². The van der Waals surface area contributed by atoms with Crippen molar-refractivity contribution in [1.29, 1.82) is 0 Å². The highest BCUT2D eigenvalue weighted by Crippen LogP contribution is 2.23. The van der Waals surface area contributed by atoms with Gasteiger partial charge in [-0.15, -0.1) is 5.10 Å². The highest BCUT2D eigenvalue weighted by molar-refractivity contribution is 5.90. The fraction of sp³-hybridized carbons (Fsp3) is 0.429. The SMILES string of the molecule is CC1(C)OCC(CNc2nncc3ccccc23)O1. The first-order valence-corrected chi connectivity index (χ1v) is 6.40. The van der Waals surface area contributed by atoms with Crippen molar-refractivity contribution in [2.45, 2.75) is 25.7 Å². The minimum absolute atomic E-state index is 0.0377. The minimum atomic E-state index is -0.489. The molecule has 0 bridgehead atoms. The fourth-order valence-corrected chi connectivity index (χ4v) is 2.23. The molecule has 19 heavy (non-hydrogen) atoms. The third-order valence-corrected chi connectivity index (χ3v) is 3.13. The van der Waals surface area contributed by atoms with E-state index in [4.69, 9.17) is 9.47 Å². The molecule has 1 unspecified atom stereocenters. The molecular formula is C14H17N3O2. The molecule has 1 aromatic carbocycles. The molecule has 1 aromatic heterocycles.